The lowest BCUT2D eigenvalue weighted by molar-refractivity contribution is 0.101. The van der Waals surface area contributed by atoms with Gasteiger partial charge in [0.2, 0.25) is 5.95 Å². The number of carbonyl (C=O) groups is 2. The van der Waals surface area contributed by atoms with Crippen LogP contribution >= 0.6 is 0 Å². The van der Waals surface area contributed by atoms with E-state index < -0.39 is 16.4 Å². The number of hydrogen-bond donors (Lipinski definition) is 3. The number of aromatic nitrogens is 4. The van der Waals surface area contributed by atoms with Crippen molar-refractivity contribution < 1.29 is 27.3 Å². The number of aliphatic hydroxyl groups is 1. The Balaban J connectivity index is 1.29. The van der Waals surface area contributed by atoms with E-state index in [4.69, 9.17) is 5.11 Å². The molecule has 3 N–H and O–H groups in total. The predicted molar refractivity (Wildman–Crippen MR) is 158 cm³/mol. The fourth-order valence-electron chi connectivity index (χ4n) is 5.58. The van der Waals surface area contributed by atoms with Gasteiger partial charge in [-0.1, -0.05) is 12.8 Å². The van der Waals surface area contributed by atoms with Crippen molar-refractivity contribution in [3.05, 3.63) is 46.0 Å². The second kappa shape index (κ2) is 12.6. The zero-order valence-corrected chi connectivity index (χ0v) is 24.8. The lowest BCUT2D eigenvalue weighted by Crippen LogP contribution is -2.50. The summed E-state index contributed by atoms with van der Waals surface area (Å²) in [6, 6.07) is 3.55. The quantitative estimate of drug-likeness (QED) is 0.296. The average molecular weight is 615 g/mol. The number of anilines is 3. The number of piperazine rings is 1. The summed E-state index contributed by atoms with van der Waals surface area (Å²) in [5.41, 5.74) is 1.68. The van der Waals surface area contributed by atoms with Gasteiger partial charge in [-0.25, -0.2) is 14.8 Å². The molecule has 5 rings (SSSR count). The molecule has 0 radical (unpaired) electrons. The number of amides is 1. The third kappa shape index (κ3) is 6.45. The van der Waals surface area contributed by atoms with E-state index in [0.717, 1.165) is 35.7 Å². The Morgan fingerprint density at radius 1 is 1.09 bits per heavy atom. The Morgan fingerprint density at radius 3 is 2.44 bits per heavy atom. The Labute approximate surface area is 248 Å². The number of rotatable bonds is 9. The maximum atomic E-state index is 13.4. The van der Waals surface area contributed by atoms with Crippen molar-refractivity contribution in [1.29, 1.82) is 0 Å². The van der Waals surface area contributed by atoms with Gasteiger partial charge in [0, 0.05) is 50.3 Å². The molecule has 4 heterocycles. The predicted octanol–water partition coefficient (Wildman–Crippen LogP) is 1.64. The van der Waals surface area contributed by atoms with Gasteiger partial charge in [0.25, 0.3) is 5.56 Å². The lowest BCUT2D eigenvalue weighted by Gasteiger charge is -2.34. The van der Waals surface area contributed by atoms with Crippen molar-refractivity contribution >= 4 is 50.7 Å². The zero-order valence-electron chi connectivity index (χ0n) is 23.9. The number of aryl methyl sites for hydroxylation is 1. The lowest BCUT2D eigenvalue weighted by atomic mass is 10.0. The first-order valence-electron chi connectivity index (χ1n) is 14.1. The van der Waals surface area contributed by atoms with Gasteiger partial charge in [-0.05, 0) is 44.4 Å². The van der Waals surface area contributed by atoms with Gasteiger partial charge >= 0.3 is 16.4 Å². The normalized spacial score (nSPS) is 16.4. The molecule has 0 aromatic carbocycles. The van der Waals surface area contributed by atoms with Crippen LogP contribution in [0.5, 0.6) is 0 Å². The minimum absolute atomic E-state index is 0.0284. The minimum atomic E-state index is -4.26. The second-order valence-electron chi connectivity index (χ2n) is 10.5. The molecule has 2 aliphatic rings. The third-order valence-electron chi connectivity index (χ3n) is 7.72. The monoisotopic (exact) mass is 614 g/mol. The highest BCUT2D eigenvalue weighted by Crippen LogP contribution is 2.32. The molecule has 3 aromatic rings. The van der Waals surface area contributed by atoms with Gasteiger partial charge in [-0.15, -0.1) is 0 Å². The standard InChI is InChI=1S/C27H34N8O7S/c1-17-21-16-30-26(32-24(21)35(19-5-3-4-6-19)25(38)23(17)18(2)37)31-22-8-7-20(15-29-22)33-10-12-34(13-11-33)43(40,41)42-27(39)28-9-14-36/h7-8,15-16,19,36H,3-6,9-14H2,1-2H3,(H,28,39)(H,29,30,31,32). The van der Waals surface area contributed by atoms with Gasteiger partial charge in [0.15, 0.2) is 5.78 Å². The zero-order chi connectivity index (χ0) is 30.7. The number of fused-ring (bicyclic) bond motifs is 1. The fourth-order valence-corrected chi connectivity index (χ4v) is 6.54. The molecule has 0 atom stereocenters. The fraction of sp³-hybridized carbons (Fsp3) is 0.481. The van der Waals surface area contributed by atoms with Crippen molar-refractivity contribution in [2.45, 2.75) is 45.6 Å². The first kappa shape index (κ1) is 30.3. The van der Waals surface area contributed by atoms with E-state index in [2.05, 4.69) is 29.8 Å². The molecule has 1 saturated heterocycles. The Kier molecular flexibility index (Phi) is 8.89. The van der Waals surface area contributed by atoms with Crippen LogP contribution in [0.2, 0.25) is 0 Å². The van der Waals surface area contributed by atoms with Crippen molar-refractivity contribution in [3.63, 3.8) is 0 Å². The molecule has 1 aliphatic carbocycles. The molecule has 1 aliphatic heterocycles. The summed E-state index contributed by atoms with van der Waals surface area (Å²) < 4.78 is 32.0. The van der Waals surface area contributed by atoms with Gasteiger partial charge in [0.05, 0.1) is 24.1 Å². The third-order valence-corrected chi connectivity index (χ3v) is 9.08. The highest BCUT2D eigenvalue weighted by molar-refractivity contribution is 7.84. The average Bonchev–Trinajstić information content (AvgIpc) is 3.51. The summed E-state index contributed by atoms with van der Waals surface area (Å²) in [4.78, 5) is 52.9. The molecule has 3 aromatic heterocycles. The number of aliphatic hydroxyl groups excluding tert-OH is 1. The van der Waals surface area contributed by atoms with Crippen LogP contribution in [-0.4, -0.2) is 88.6 Å². The van der Waals surface area contributed by atoms with Gasteiger partial charge in [-0.2, -0.15) is 17.7 Å². The van der Waals surface area contributed by atoms with Crippen LogP contribution < -0.4 is 21.1 Å². The molecule has 16 heteroatoms. The molecule has 1 saturated carbocycles. The van der Waals surface area contributed by atoms with Gasteiger partial charge in [0.1, 0.15) is 11.5 Å². The number of carbonyl (C=O) groups excluding carboxylic acids is 2. The topological polar surface area (TPSA) is 189 Å². The molecule has 0 bridgehead atoms. The first-order chi connectivity index (χ1) is 20.6. The molecule has 0 spiro atoms. The number of Topliss-reactive ketones (excluding diaryl/α,β-unsaturated/α-hetero) is 1. The summed E-state index contributed by atoms with van der Waals surface area (Å²) in [5.74, 6) is 0.454. The molecule has 43 heavy (non-hydrogen) atoms. The number of nitrogens with zero attached hydrogens (tertiary/aromatic N) is 6. The van der Waals surface area contributed by atoms with Crippen LogP contribution in [0, 0.1) is 6.92 Å². The maximum Gasteiger partial charge on any atom is 0.423 e. The van der Waals surface area contributed by atoms with Gasteiger partial charge in [-0.3, -0.25) is 14.2 Å². The first-order valence-corrected chi connectivity index (χ1v) is 15.4. The molecular weight excluding hydrogens is 580 g/mol. The van der Waals surface area contributed by atoms with E-state index in [0.29, 0.717) is 35.5 Å². The van der Waals surface area contributed by atoms with Crippen LogP contribution in [0.3, 0.4) is 0 Å². The van der Waals surface area contributed by atoms with Crippen molar-refractivity contribution in [1.82, 2.24) is 29.1 Å². The van der Waals surface area contributed by atoms with Crippen LogP contribution in [0.15, 0.2) is 29.3 Å². The van der Waals surface area contributed by atoms with E-state index in [-0.39, 0.29) is 55.1 Å². The van der Waals surface area contributed by atoms with E-state index in [1.165, 1.54) is 6.92 Å². The Bertz CT molecular complexity index is 1680. The smallest absolute Gasteiger partial charge is 0.395 e. The van der Waals surface area contributed by atoms with Gasteiger partial charge < -0.3 is 24.8 Å². The number of ketones is 1. The molecule has 230 valence electrons. The van der Waals surface area contributed by atoms with Crippen LogP contribution in [0.25, 0.3) is 11.0 Å². The van der Waals surface area contributed by atoms with Crippen LogP contribution in [0.4, 0.5) is 22.2 Å². The summed E-state index contributed by atoms with van der Waals surface area (Å²) in [5, 5.41) is 14.6. The Morgan fingerprint density at radius 2 is 1.81 bits per heavy atom. The van der Waals surface area contributed by atoms with Crippen LogP contribution in [-0.2, 0) is 14.5 Å². The Hall–Kier alpha value is -4.15. The van der Waals surface area contributed by atoms with E-state index in [9.17, 15) is 22.8 Å². The summed E-state index contributed by atoms with van der Waals surface area (Å²) in [7, 11) is -4.26. The highest BCUT2D eigenvalue weighted by atomic mass is 32.2. The number of pyridine rings is 2. The number of nitrogens with one attached hydrogen (secondary N) is 2. The SMILES string of the molecule is CC(=O)c1c(C)c2cnc(Nc3ccc(N4CCN(S(=O)(=O)OC(=O)NCCO)CC4)cn3)nc2n(C2CCCC2)c1=O. The van der Waals surface area contributed by atoms with E-state index in [1.807, 2.05) is 11.0 Å². The van der Waals surface area contributed by atoms with Crippen LogP contribution in [0.1, 0.15) is 54.6 Å². The molecule has 0 unspecified atom stereocenters. The van der Waals surface area contributed by atoms with Crippen molar-refractivity contribution in [2.24, 2.45) is 0 Å². The van der Waals surface area contributed by atoms with Crippen molar-refractivity contribution in [3.8, 4) is 0 Å². The molecular formula is C27H34N8O7S. The van der Waals surface area contributed by atoms with Crippen molar-refractivity contribution in [2.75, 3.05) is 49.5 Å². The second-order valence-corrected chi connectivity index (χ2v) is 12.0. The summed E-state index contributed by atoms with van der Waals surface area (Å²) in [6.07, 6.45) is 5.84. The summed E-state index contributed by atoms with van der Waals surface area (Å²) >= 11 is 0. The maximum absolute atomic E-state index is 13.4. The molecule has 15 nitrogen and oxygen atoms in total. The minimum Gasteiger partial charge on any atom is -0.395 e. The molecule has 1 amide bonds. The van der Waals surface area contributed by atoms with E-state index in [1.54, 1.807) is 30.0 Å². The molecule has 2 fully saturated rings. The largest absolute Gasteiger partial charge is 0.423 e. The summed E-state index contributed by atoms with van der Waals surface area (Å²) in [6.45, 7) is 3.61. The number of hydrogen-bond acceptors (Lipinski definition) is 12. The van der Waals surface area contributed by atoms with E-state index >= 15 is 0 Å². The highest BCUT2D eigenvalue weighted by Gasteiger charge is 2.31.